The molecule has 1 saturated heterocycles. The summed E-state index contributed by atoms with van der Waals surface area (Å²) in [5.41, 5.74) is 2.41. The standard InChI is InChI=1S/C22H28N4O3S/c1-22(2)13-18(15-7-9-19(28-4)20(12-15)29-5)25(3)26(22)21(27)11-14-6-8-16-17(10-14)24-30-23-16/h6-10,15,18H,11-13H2,1-5H3. The maximum absolute atomic E-state index is 13.3. The predicted octanol–water partition coefficient (Wildman–Crippen LogP) is 3.54. The lowest BCUT2D eigenvalue weighted by Crippen LogP contribution is -2.51. The van der Waals surface area contributed by atoms with Crippen molar-refractivity contribution in [2.75, 3.05) is 21.3 Å². The first-order valence-corrected chi connectivity index (χ1v) is 10.8. The highest BCUT2D eigenvalue weighted by Gasteiger charge is 2.48. The number of hydrogen-bond donors (Lipinski definition) is 0. The van der Waals surface area contributed by atoms with Gasteiger partial charge in [0.2, 0.25) is 5.91 Å². The summed E-state index contributed by atoms with van der Waals surface area (Å²) in [7, 11) is 5.35. The highest BCUT2D eigenvalue weighted by atomic mass is 32.1. The Labute approximate surface area is 181 Å². The quantitative estimate of drug-likeness (QED) is 0.726. The number of allylic oxidation sites excluding steroid dienone is 2. The largest absolute Gasteiger partial charge is 0.497 e. The lowest BCUT2D eigenvalue weighted by atomic mass is 9.85. The fraction of sp³-hybridized carbons (Fsp3) is 0.500. The van der Waals surface area contributed by atoms with Crippen LogP contribution in [0.1, 0.15) is 32.3 Å². The molecule has 8 heteroatoms. The average molecular weight is 429 g/mol. The molecule has 4 rings (SSSR count). The Hall–Kier alpha value is -2.45. The number of amides is 1. The fourth-order valence-corrected chi connectivity index (χ4v) is 5.27. The van der Waals surface area contributed by atoms with Crippen LogP contribution in [-0.4, -0.2) is 57.5 Å². The van der Waals surface area contributed by atoms with Crippen LogP contribution in [0.4, 0.5) is 0 Å². The van der Waals surface area contributed by atoms with E-state index in [4.69, 9.17) is 9.47 Å². The number of hydrogen-bond acceptors (Lipinski definition) is 7. The van der Waals surface area contributed by atoms with Crippen molar-refractivity contribution in [1.29, 1.82) is 0 Å². The SMILES string of the molecule is COC1=C(OC)CC(C2CC(C)(C)N(C(=O)Cc3ccc4nsnc4c3)N2C)C=C1. The first-order chi connectivity index (χ1) is 14.3. The lowest BCUT2D eigenvalue weighted by Gasteiger charge is -2.37. The first kappa shape index (κ1) is 20.8. The second-order valence-corrected chi connectivity index (χ2v) is 9.08. The molecule has 1 aliphatic carbocycles. The number of aromatic nitrogens is 2. The van der Waals surface area contributed by atoms with Crippen LogP contribution in [0.2, 0.25) is 0 Å². The van der Waals surface area contributed by atoms with Crippen molar-refractivity contribution >= 4 is 28.7 Å². The maximum Gasteiger partial charge on any atom is 0.241 e. The molecule has 2 unspecified atom stereocenters. The summed E-state index contributed by atoms with van der Waals surface area (Å²) in [5, 5.41) is 4.04. The van der Waals surface area contributed by atoms with Crippen LogP contribution in [-0.2, 0) is 20.7 Å². The van der Waals surface area contributed by atoms with Gasteiger partial charge in [-0.1, -0.05) is 12.1 Å². The molecular formula is C22H28N4O3S. The van der Waals surface area contributed by atoms with E-state index in [2.05, 4.69) is 33.7 Å². The number of benzene rings is 1. The van der Waals surface area contributed by atoms with Gasteiger partial charge in [0.05, 0.1) is 37.9 Å². The number of carbonyl (C=O) groups is 1. The molecule has 0 saturated carbocycles. The van der Waals surface area contributed by atoms with Crippen LogP contribution in [0.15, 0.2) is 41.9 Å². The molecule has 0 radical (unpaired) electrons. The van der Waals surface area contributed by atoms with Crippen LogP contribution < -0.4 is 0 Å². The molecule has 30 heavy (non-hydrogen) atoms. The minimum atomic E-state index is -0.269. The zero-order chi connectivity index (χ0) is 21.5. The molecule has 1 aliphatic heterocycles. The van der Waals surface area contributed by atoms with Crippen molar-refractivity contribution in [3.8, 4) is 0 Å². The van der Waals surface area contributed by atoms with Gasteiger partial charge in [0, 0.05) is 25.4 Å². The third kappa shape index (κ3) is 3.70. The summed E-state index contributed by atoms with van der Waals surface area (Å²) >= 11 is 1.19. The molecule has 2 aromatic rings. The van der Waals surface area contributed by atoms with E-state index in [0.717, 1.165) is 41.0 Å². The van der Waals surface area contributed by atoms with E-state index in [1.807, 2.05) is 36.3 Å². The van der Waals surface area contributed by atoms with Crippen molar-refractivity contribution in [2.45, 2.75) is 44.7 Å². The van der Waals surface area contributed by atoms with Gasteiger partial charge in [-0.05, 0) is 44.0 Å². The fourth-order valence-electron chi connectivity index (χ4n) is 4.75. The Morgan fingerprint density at radius 1 is 1.23 bits per heavy atom. The lowest BCUT2D eigenvalue weighted by molar-refractivity contribution is -0.151. The Morgan fingerprint density at radius 2 is 2.00 bits per heavy atom. The molecule has 0 spiro atoms. The van der Waals surface area contributed by atoms with Gasteiger partial charge in [0.1, 0.15) is 16.8 Å². The number of rotatable bonds is 5. The highest BCUT2D eigenvalue weighted by Crippen LogP contribution is 2.40. The van der Waals surface area contributed by atoms with Gasteiger partial charge in [0.25, 0.3) is 0 Å². The second kappa shape index (κ2) is 8.00. The minimum absolute atomic E-state index is 0.0902. The van der Waals surface area contributed by atoms with E-state index in [0.29, 0.717) is 6.42 Å². The molecule has 2 atom stereocenters. The molecular weight excluding hydrogens is 400 g/mol. The highest BCUT2D eigenvalue weighted by molar-refractivity contribution is 7.00. The van der Waals surface area contributed by atoms with E-state index in [-0.39, 0.29) is 23.4 Å². The Bertz CT molecular complexity index is 1010. The van der Waals surface area contributed by atoms with E-state index in [1.54, 1.807) is 14.2 Å². The molecule has 7 nitrogen and oxygen atoms in total. The molecule has 2 aliphatic rings. The minimum Gasteiger partial charge on any atom is -0.497 e. The Morgan fingerprint density at radius 3 is 2.73 bits per heavy atom. The summed E-state index contributed by atoms with van der Waals surface area (Å²) < 4.78 is 19.5. The normalized spacial score (nSPS) is 24.0. The third-order valence-corrected chi connectivity index (χ3v) is 6.70. The zero-order valence-corrected chi connectivity index (χ0v) is 18.9. The average Bonchev–Trinajstić information content (AvgIpc) is 3.28. The van der Waals surface area contributed by atoms with Crippen LogP contribution in [0, 0.1) is 5.92 Å². The summed E-state index contributed by atoms with van der Waals surface area (Å²) in [5.74, 6) is 1.96. The maximum atomic E-state index is 13.3. The van der Waals surface area contributed by atoms with Crippen LogP contribution >= 0.6 is 11.7 Å². The number of ether oxygens (including phenoxy) is 2. The monoisotopic (exact) mass is 428 g/mol. The Balaban J connectivity index is 1.52. The molecule has 0 N–H and O–H groups in total. The molecule has 1 aromatic heterocycles. The number of methoxy groups -OCH3 is 2. The van der Waals surface area contributed by atoms with Gasteiger partial charge >= 0.3 is 0 Å². The molecule has 160 valence electrons. The topological polar surface area (TPSA) is 67.8 Å². The van der Waals surface area contributed by atoms with Gasteiger partial charge in [-0.25, -0.2) is 5.01 Å². The van der Waals surface area contributed by atoms with Crippen molar-refractivity contribution in [2.24, 2.45) is 5.92 Å². The van der Waals surface area contributed by atoms with Gasteiger partial charge in [0.15, 0.2) is 5.76 Å². The number of nitrogens with zero attached hydrogens (tertiary/aromatic N) is 4. The van der Waals surface area contributed by atoms with Crippen molar-refractivity contribution in [3.63, 3.8) is 0 Å². The Kier molecular flexibility index (Phi) is 5.55. The predicted molar refractivity (Wildman–Crippen MR) is 117 cm³/mol. The van der Waals surface area contributed by atoms with E-state index < -0.39 is 0 Å². The van der Waals surface area contributed by atoms with Crippen LogP contribution in [0.5, 0.6) is 0 Å². The van der Waals surface area contributed by atoms with Gasteiger partial charge in [-0.15, -0.1) is 0 Å². The summed E-state index contributed by atoms with van der Waals surface area (Å²) in [6, 6.07) is 6.06. The van der Waals surface area contributed by atoms with Crippen molar-refractivity contribution in [3.05, 3.63) is 47.4 Å². The van der Waals surface area contributed by atoms with Gasteiger partial charge < -0.3 is 9.47 Å². The smallest absolute Gasteiger partial charge is 0.241 e. The van der Waals surface area contributed by atoms with E-state index in [1.165, 1.54) is 11.7 Å². The number of fused-ring (bicyclic) bond motifs is 1. The van der Waals surface area contributed by atoms with Crippen molar-refractivity contribution in [1.82, 2.24) is 18.8 Å². The van der Waals surface area contributed by atoms with Gasteiger partial charge in [-0.3, -0.25) is 9.80 Å². The summed E-state index contributed by atoms with van der Waals surface area (Å²) in [6.45, 7) is 4.27. The zero-order valence-electron chi connectivity index (χ0n) is 18.1. The van der Waals surface area contributed by atoms with Crippen LogP contribution in [0.25, 0.3) is 11.0 Å². The molecule has 1 aromatic carbocycles. The van der Waals surface area contributed by atoms with Crippen molar-refractivity contribution < 1.29 is 14.3 Å². The molecule has 1 fully saturated rings. The number of carbonyl (C=O) groups excluding carboxylic acids is 1. The van der Waals surface area contributed by atoms with Crippen LogP contribution in [0.3, 0.4) is 0 Å². The van der Waals surface area contributed by atoms with Gasteiger partial charge in [-0.2, -0.15) is 8.75 Å². The van der Waals surface area contributed by atoms with E-state index in [9.17, 15) is 4.79 Å². The third-order valence-electron chi connectivity index (χ3n) is 6.14. The van der Waals surface area contributed by atoms with E-state index >= 15 is 0 Å². The first-order valence-electron chi connectivity index (χ1n) is 10.1. The number of hydrazine groups is 1. The second-order valence-electron chi connectivity index (χ2n) is 8.55. The summed E-state index contributed by atoms with van der Waals surface area (Å²) in [4.78, 5) is 13.3. The molecule has 0 bridgehead atoms. The molecule has 2 heterocycles. The summed E-state index contributed by atoms with van der Waals surface area (Å²) in [6.07, 6.45) is 6.14. The molecule has 1 amide bonds.